The maximum Gasteiger partial charge on any atom is 0.139 e. The van der Waals surface area contributed by atoms with E-state index in [0.29, 0.717) is 12.3 Å². The molecule has 0 amide bonds. The maximum absolute atomic E-state index is 5.62. The summed E-state index contributed by atoms with van der Waals surface area (Å²) in [7, 11) is 0. The summed E-state index contributed by atoms with van der Waals surface area (Å²) in [5.74, 6) is 0.761. The fourth-order valence-electron chi connectivity index (χ4n) is 1.99. The Labute approximate surface area is 96.4 Å². The van der Waals surface area contributed by atoms with Crippen molar-refractivity contribution in [2.75, 3.05) is 32.0 Å². The van der Waals surface area contributed by atoms with Gasteiger partial charge in [0.25, 0.3) is 0 Å². The van der Waals surface area contributed by atoms with Crippen LogP contribution in [0.1, 0.15) is 19.3 Å². The lowest BCUT2D eigenvalue weighted by atomic mass is 10.1. The second-order valence-electron chi connectivity index (χ2n) is 4.20. The van der Waals surface area contributed by atoms with Gasteiger partial charge in [0.15, 0.2) is 0 Å². The van der Waals surface area contributed by atoms with Crippen LogP contribution in [0.4, 0.5) is 5.69 Å². The van der Waals surface area contributed by atoms with Gasteiger partial charge in [0.2, 0.25) is 0 Å². The second-order valence-corrected chi connectivity index (χ2v) is 4.20. The van der Waals surface area contributed by atoms with Crippen molar-refractivity contribution in [3.05, 3.63) is 18.5 Å². The van der Waals surface area contributed by atoms with Crippen molar-refractivity contribution in [1.29, 1.82) is 0 Å². The summed E-state index contributed by atoms with van der Waals surface area (Å²) in [5.41, 5.74) is 6.27. The van der Waals surface area contributed by atoms with Crippen molar-refractivity contribution in [3.8, 4) is 5.75 Å². The van der Waals surface area contributed by atoms with Crippen molar-refractivity contribution in [3.63, 3.8) is 0 Å². The normalized spacial score (nSPS) is 17.2. The van der Waals surface area contributed by atoms with Gasteiger partial charge in [0, 0.05) is 12.6 Å². The number of nitrogen functional groups attached to an aromatic ring is 1. The summed E-state index contributed by atoms with van der Waals surface area (Å²) in [6.07, 6.45) is 7.33. The molecule has 0 aromatic carbocycles. The SMILES string of the molecule is Nc1cncc(OCCN2CCCCC2)c1. The monoisotopic (exact) mass is 221 g/mol. The molecule has 4 heteroatoms. The first-order valence-electron chi connectivity index (χ1n) is 5.90. The molecular formula is C12H19N3O. The minimum absolute atomic E-state index is 0.649. The Hall–Kier alpha value is -1.29. The summed E-state index contributed by atoms with van der Waals surface area (Å²) < 4.78 is 5.61. The third kappa shape index (κ3) is 3.38. The highest BCUT2D eigenvalue weighted by Gasteiger charge is 2.09. The fourth-order valence-corrected chi connectivity index (χ4v) is 1.99. The van der Waals surface area contributed by atoms with E-state index in [4.69, 9.17) is 10.5 Å². The van der Waals surface area contributed by atoms with E-state index in [1.807, 2.05) is 6.07 Å². The summed E-state index contributed by atoms with van der Waals surface area (Å²) >= 11 is 0. The van der Waals surface area contributed by atoms with Crippen LogP contribution in [-0.2, 0) is 0 Å². The van der Waals surface area contributed by atoms with Crippen LogP contribution in [0.25, 0.3) is 0 Å². The molecule has 0 aliphatic carbocycles. The molecule has 2 rings (SSSR count). The lowest BCUT2D eigenvalue weighted by Crippen LogP contribution is -2.33. The van der Waals surface area contributed by atoms with Crippen LogP contribution in [-0.4, -0.2) is 36.1 Å². The highest BCUT2D eigenvalue weighted by atomic mass is 16.5. The highest BCUT2D eigenvalue weighted by molar-refractivity contribution is 5.39. The molecule has 0 radical (unpaired) electrons. The molecule has 88 valence electrons. The zero-order chi connectivity index (χ0) is 11.2. The van der Waals surface area contributed by atoms with Gasteiger partial charge >= 0.3 is 0 Å². The number of piperidine rings is 1. The van der Waals surface area contributed by atoms with Gasteiger partial charge in [0.05, 0.1) is 18.1 Å². The zero-order valence-electron chi connectivity index (χ0n) is 9.56. The third-order valence-electron chi connectivity index (χ3n) is 2.86. The number of hydrogen-bond donors (Lipinski definition) is 1. The van der Waals surface area contributed by atoms with Crippen molar-refractivity contribution in [2.45, 2.75) is 19.3 Å². The lowest BCUT2D eigenvalue weighted by Gasteiger charge is -2.26. The fraction of sp³-hybridized carbons (Fsp3) is 0.583. The molecule has 1 fully saturated rings. The average molecular weight is 221 g/mol. The van der Waals surface area contributed by atoms with Gasteiger partial charge in [0.1, 0.15) is 12.4 Å². The molecule has 0 atom stereocenters. The van der Waals surface area contributed by atoms with E-state index in [9.17, 15) is 0 Å². The van der Waals surface area contributed by atoms with Gasteiger partial charge in [-0.25, -0.2) is 0 Å². The Morgan fingerprint density at radius 2 is 2.06 bits per heavy atom. The van der Waals surface area contributed by atoms with E-state index >= 15 is 0 Å². The Morgan fingerprint density at radius 1 is 1.25 bits per heavy atom. The topological polar surface area (TPSA) is 51.4 Å². The molecule has 0 bridgehead atoms. The van der Waals surface area contributed by atoms with E-state index in [1.165, 1.54) is 32.4 Å². The van der Waals surface area contributed by atoms with Crippen molar-refractivity contribution in [2.24, 2.45) is 0 Å². The largest absolute Gasteiger partial charge is 0.491 e. The molecule has 2 heterocycles. The molecule has 16 heavy (non-hydrogen) atoms. The predicted molar refractivity (Wildman–Crippen MR) is 64.4 cm³/mol. The van der Waals surface area contributed by atoms with Gasteiger partial charge < -0.3 is 10.5 Å². The van der Waals surface area contributed by atoms with Gasteiger partial charge in [-0.1, -0.05) is 6.42 Å². The standard InChI is InChI=1S/C12H19N3O/c13-11-8-12(10-14-9-11)16-7-6-15-4-2-1-3-5-15/h8-10H,1-7,13H2. The van der Waals surface area contributed by atoms with Gasteiger partial charge in [-0.15, -0.1) is 0 Å². The highest BCUT2D eigenvalue weighted by Crippen LogP contribution is 2.13. The second kappa shape index (κ2) is 5.70. The number of pyridine rings is 1. The molecule has 0 unspecified atom stereocenters. The van der Waals surface area contributed by atoms with Crippen LogP contribution >= 0.6 is 0 Å². The number of rotatable bonds is 4. The molecule has 4 nitrogen and oxygen atoms in total. The average Bonchev–Trinajstić information content (AvgIpc) is 2.30. The molecule has 2 N–H and O–H groups in total. The predicted octanol–water partition coefficient (Wildman–Crippen LogP) is 1.53. The van der Waals surface area contributed by atoms with E-state index in [-0.39, 0.29) is 0 Å². The number of ether oxygens (including phenoxy) is 1. The zero-order valence-corrected chi connectivity index (χ0v) is 9.56. The molecule has 1 aliphatic rings. The first kappa shape index (κ1) is 11.2. The molecule has 0 spiro atoms. The number of nitrogens with two attached hydrogens (primary N) is 1. The van der Waals surface area contributed by atoms with E-state index < -0.39 is 0 Å². The quantitative estimate of drug-likeness (QED) is 0.837. The number of nitrogens with zero attached hydrogens (tertiary/aromatic N) is 2. The summed E-state index contributed by atoms with van der Waals surface area (Å²) in [5, 5.41) is 0. The van der Waals surface area contributed by atoms with E-state index in [2.05, 4.69) is 9.88 Å². The number of anilines is 1. The Balaban J connectivity index is 1.71. The third-order valence-corrected chi connectivity index (χ3v) is 2.86. The first-order chi connectivity index (χ1) is 7.84. The number of hydrogen-bond acceptors (Lipinski definition) is 4. The van der Waals surface area contributed by atoms with Crippen LogP contribution in [0, 0.1) is 0 Å². The molecule has 0 saturated carbocycles. The minimum atomic E-state index is 0.649. The number of likely N-dealkylation sites (tertiary alicyclic amines) is 1. The van der Waals surface area contributed by atoms with Crippen LogP contribution in [0.3, 0.4) is 0 Å². The Morgan fingerprint density at radius 3 is 2.81 bits per heavy atom. The van der Waals surface area contributed by atoms with Crippen molar-refractivity contribution >= 4 is 5.69 Å². The summed E-state index contributed by atoms with van der Waals surface area (Å²) in [6, 6.07) is 1.81. The van der Waals surface area contributed by atoms with Crippen LogP contribution < -0.4 is 10.5 Å². The van der Waals surface area contributed by atoms with Gasteiger partial charge in [-0.05, 0) is 25.9 Å². The van der Waals surface area contributed by atoms with Gasteiger partial charge in [-0.2, -0.15) is 0 Å². The maximum atomic E-state index is 5.62. The minimum Gasteiger partial charge on any atom is -0.491 e. The molecule has 1 aromatic rings. The lowest BCUT2D eigenvalue weighted by molar-refractivity contribution is 0.183. The van der Waals surface area contributed by atoms with E-state index in [1.54, 1.807) is 12.4 Å². The summed E-state index contributed by atoms with van der Waals surface area (Å²) in [4.78, 5) is 6.43. The van der Waals surface area contributed by atoms with E-state index in [0.717, 1.165) is 12.3 Å². The Kier molecular flexibility index (Phi) is 3.99. The van der Waals surface area contributed by atoms with Crippen LogP contribution in [0.2, 0.25) is 0 Å². The smallest absolute Gasteiger partial charge is 0.139 e. The summed E-state index contributed by atoms with van der Waals surface area (Å²) in [6.45, 7) is 4.12. The molecule has 1 aliphatic heterocycles. The molecule has 1 aromatic heterocycles. The van der Waals surface area contributed by atoms with Gasteiger partial charge in [-0.3, -0.25) is 9.88 Å². The number of aromatic nitrogens is 1. The van der Waals surface area contributed by atoms with Crippen LogP contribution in [0.15, 0.2) is 18.5 Å². The molecular weight excluding hydrogens is 202 g/mol. The first-order valence-corrected chi connectivity index (χ1v) is 5.90. The molecule has 1 saturated heterocycles. The van der Waals surface area contributed by atoms with Crippen molar-refractivity contribution < 1.29 is 4.74 Å². The van der Waals surface area contributed by atoms with Crippen LogP contribution in [0.5, 0.6) is 5.75 Å². The van der Waals surface area contributed by atoms with Crippen molar-refractivity contribution in [1.82, 2.24) is 9.88 Å². The Bertz CT molecular complexity index is 324.